The van der Waals surface area contributed by atoms with Gasteiger partial charge in [0.2, 0.25) is 5.76 Å². The summed E-state index contributed by atoms with van der Waals surface area (Å²) in [5.74, 6) is 0.00465. The number of ketones is 1. The molecule has 7 nitrogen and oxygen atoms in total. The van der Waals surface area contributed by atoms with Crippen LogP contribution in [-0.4, -0.2) is 61.0 Å². The summed E-state index contributed by atoms with van der Waals surface area (Å²) >= 11 is 2.28. The van der Waals surface area contributed by atoms with Gasteiger partial charge in [0.05, 0.1) is 6.61 Å². The maximum absolute atomic E-state index is 12.8. The number of rotatable bonds is 8. The van der Waals surface area contributed by atoms with Gasteiger partial charge in [-0.3, -0.25) is 9.69 Å². The minimum absolute atomic E-state index is 0.201. The van der Waals surface area contributed by atoms with Crippen LogP contribution in [0.1, 0.15) is 40.7 Å². The highest BCUT2D eigenvalue weighted by atomic mass is 127. The summed E-state index contributed by atoms with van der Waals surface area (Å²) in [7, 11) is 0. The largest absolute Gasteiger partial charge is 0.460 e. The molecule has 1 N–H and O–H groups in total. The molecule has 3 heterocycles. The third kappa shape index (κ3) is 5.23. The summed E-state index contributed by atoms with van der Waals surface area (Å²) in [4.78, 5) is 32.8. The minimum Gasteiger partial charge on any atom is -0.460 e. The Balaban J connectivity index is 1.13. The molecule has 1 aliphatic heterocycles. The molecule has 1 aliphatic rings. The number of H-pyrrole nitrogens is 1. The van der Waals surface area contributed by atoms with E-state index in [9.17, 15) is 9.59 Å². The van der Waals surface area contributed by atoms with Crippen molar-refractivity contribution < 1.29 is 18.7 Å². The fourth-order valence-corrected chi connectivity index (χ4v) is 5.17. The van der Waals surface area contributed by atoms with Crippen molar-refractivity contribution in [2.24, 2.45) is 0 Å². The second-order valence-corrected chi connectivity index (χ2v) is 10.0. The molecule has 0 saturated carbocycles. The van der Waals surface area contributed by atoms with E-state index < -0.39 is 5.97 Å². The minimum atomic E-state index is -0.434. The first-order chi connectivity index (χ1) is 17.0. The number of hydrogen-bond acceptors (Lipinski definition) is 6. The van der Waals surface area contributed by atoms with Crippen LogP contribution in [0.3, 0.4) is 0 Å². The maximum atomic E-state index is 12.8. The average molecular weight is 585 g/mol. The summed E-state index contributed by atoms with van der Waals surface area (Å²) in [6, 6.07) is 13.9. The number of esters is 1. The van der Waals surface area contributed by atoms with Crippen molar-refractivity contribution in [3.63, 3.8) is 0 Å². The first kappa shape index (κ1) is 23.9. The molecule has 8 heteroatoms. The highest BCUT2D eigenvalue weighted by Gasteiger charge is 2.20. The summed E-state index contributed by atoms with van der Waals surface area (Å²) in [5.41, 5.74) is 3.61. The molecule has 1 saturated heterocycles. The molecule has 0 radical (unpaired) electrons. The fraction of sp³-hybridized carbons (Fsp3) is 0.333. The highest BCUT2D eigenvalue weighted by Crippen LogP contribution is 2.27. The normalized spacial score (nSPS) is 14.6. The van der Waals surface area contributed by atoms with Crippen LogP contribution in [0.5, 0.6) is 0 Å². The lowest BCUT2D eigenvalue weighted by atomic mass is 10.1. The molecular formula is C27H28IN3O4. The van der Waals surface area contributed by atoms with Gasteiger partial charge >= 0.3 is 5.97 Å². The number of nitrogens with one attached hydrogen (secondary N) is 1. The number of carbonyl (C=O) groups excluding carboxylic acids is 2. The number of ether oxygens (including phenoxy) is 1. The van der Waals surface area contributed by atoms with Gasteiger partial charge in [-0.1, -0.05) is 0 Å². The van der Waals surface area contributed by atoms with Crippen LogP contribution in [0.2, 0.25) is 0 Å². The molecule has 0 bridgehead atoms. The van der Waals surface area contributed by atoms with Crippen molar-refractivity contribution in [2.75, 3.05) is 44.2 Å². The molecule has 5 rings (SSSR count). The number of fused-ring (bicyclic) bond motifs is 2. The average Bonchev–Trinajstić information content (AvgIpc) is 3.48. The molecule has 0 aliphatic carbocycles. The number of halogens is 1. The van der Waals surface area contributed by atoms with E-state index in [1.807, 2.05) is 30.5 Å². The molecule has 1 fully saturated rings. The predicted octanol–water partition coefficient (Wildman–Crippen LogP) is 5.48. The Hall–Kier alpha value is -2.85. The van der Waals surface area contributed by atoms with Crippen LogP contribution in [0.15, 0.2) is 53.1 Å². The van der Waals surface area contributed by atoms with Crippen LogP contribution in [0.4, 0.5) is 5.69 Å². The summed E-state index contributed by atoms with van der Waals surface area (Å²) in [6.45, 7) is 6.77. The molecule has 4 aromatic rings. The third-order valence-corrected chi connectivity index (χ3v) is 7.21. The van der Waals surface area contributed by atoms with Gasteiger partial charge in [0.1, 0.15) is 5.58 Å². The van der Waals surface area contributed by atoms with E-state index in [2.05, 4.69) is 49.5 Å². The van der Waals surface area contributed by atoms with E-state index in [-0.39, 0.29) is 11.5 Å². The van der Waals surface area contributed by atoms with Crippen molar-refractivity contribution >= 4 is 61.9 Å². The fourth-order valence-electron chi connectivity index (χ4n) is 4.68. The SMILES string of the molecule is CCOC(=O)c1cc2cc(N3CCN(CCCC(=O)c4c[nH]c5ccc(I)cc45)CC3)ccc2o1. The van der Waals surface area contributed by atoms with Gasteiger partial charge in [-0.2, -0.15) is 0 Å². The van der Waals surface area contributed by atoms with Crippen molar-refractivity contribution in [1.82, 2.24) is 9.88 Å². The number of piperazine rings is 1. The quantitative estimate of drug-likeness (QED) is 0.168. The standard InChI is InChI=1S/C27H28IN3O4/c1-2-34-27(33)26-15-18-14-20(6-8-25(18)35-26)31-12-10-30(11-13-31)9-3-4-24(32)22-17-29-23-7-5-19(28)16-21(22)23/h5-8,14-17,29H,2-4,9-13H2,1H3. The number of furan rings is 1. The Kier molecular flexibility index (Phi) is 7.10. The molecule has 2 aromatic heterocycles. The topological polar surface area (TPSA) is 78.8 Å². The van der Waals surface area contributed by atoms with Gasteiger partial charge in [0.25, 0.3) is 0 Å². The van der Waals surface area contributed by atoms with Crippen molar-refractivity contribution in [3.8, 4) is 0 Å². The first-order valence-electron chi connectivity index (χ1n) is 12.0. The lowest BCUT2D eigenvalue weighted by Crippen LogP contribution is -2.46. The summed E-state index contributed by atoms with van der Waals surface area (Å²) in [5, 5.41) is 1.91. The molecule has 35 heavy (non-hydrogen) atoms. The second kappa shape index (κ2) is 10.4. The number of aromatic amines is 1. The molecule has 2 aromatic carbocycles. The number of benzene rings is 2. The number of carbonyl (C=O) groups is 2. The van der Waals surface area contributed by atoms with E-state index in [1.54, 1.807) is 13.0 Å². The molecule has 0 unspecified atom stereocenters. The number of hydrogen-bond donors (Lipinski definition) is 1. The van der Waals surface area contributed by atoms with E-state index in [4.69, 9.17) is 9.15 Å². The predicted molar refractivity (Wildman–Crippen MR) is 145 cm³/mol. The summed E-state index contributed by atoms with van der Waals surface area (Å²) < 4.78 is 11.8. The molecule has 0 amide bonds. The Morgan fingerprint density at radius 2 is 1.91 bits per heavy atom. The lowest BCUT2D eigenvalue weighted by Gasteiger charge is -2.36. The van der Waals surface area contributed by atoms with E-state index in [0.717, 1.165) is 70.3 Å². The van der Waals surface area contributed by atoms with Gasteiger partial charge in [0.15, 0.2) is 5.78 Å². The first-order valence-corrected chi connectivity index (χ1v) is 13.1. The van der Waals surface area contributed by atoms with Gasteiger partial charge < -0.3 is 19.0 Å². The lowest BCUT2D eigenvalue weighted by molar-refractivity contribution is 0.0492. The maximum Gasteiger partial charge on any atom is 0.374 e. The second-order valence-electron chi connectivity index (χ2n) is 8.80. The number of Topliss-reactive ketones (excluding diaryl/α,β-unsaturated/α-hetero) is 1. The third-order valence-electron chi connectivity index (χ3n) is 6.54. The van der Waals surface area contributed by atoms with E-state index in [0.29, 0.717) is 18.6 Å². The number of aromatic nitrogens is 1. The molecule has 182 valence electrons. The van der Waals surface area contributed by atoms with Crippen LogP contribution >= 0.6 is 22.6 Å². The van der Waals surface area contributed by atoms with Crippen LogP contribution in [0, 0.1) is 3.57 Å². The van der Waals surface area contributed by atoms with E-state index in [1.165, 1.54) is 0 Å². The van der Waals surface area contributed by atoms with Crippen molar-refractivity contribution in [2.45, 2.75) is 19.8 Å². The van der Waals surface area contributed by atoms with Crippen LogP contribution < -0.4 is 4.90 Å². The van der Waals surface area contributed by atoms with Gasteiger partial charge in [-0.25, -0.2) is 4.79 Å². The summed E-state index contributed by atoms with van der Waals surface area (Å²) in [6.07, 6.45) is 3.25. The monoisotopic (exact) mass is 585 g/mol. The zero-order valence-electron chi connectivity index (χ0n) is 19.7. The molecule has 0 spiro atoms. The Labute approximate surface area is 217 Å². The smallest absolute Gasteiger partial charge is 0.374 e. The molecular weight excluding hydrogens is 557 g/mol. The number of nitrogens with zero attached hydrogens (tertiary/aromatic N) is 2. The Bertz CT molecular complexity index is 1370. The Morgan fingerprint density at radius 3 is 2.71 bits per heavy atom. The van der Waals surface area contributed by atoms with Gasteiger partial charge in [0, 0.05) is 69.9 Å². The van der Waals surface area contributed by atoms with Crippen molar-refractivity contribution in [3.05, 3.63) is 63.6 Å². The zero-order chi connectivity index (χ0) is 24.4. The Morgan fingerprint density at radius 1 is 1.09 bits per heavy atom. The van der Waals surface area contributed by atoms with Gasteiger partial charge in [-0.15, -0.1) is 0 Å². The highest BCUT2D eigenvalue weighted by molar-refractivity contribution is 14.1. The van der Waals surface area contributed by atoms with E-state index >= 15 is 0 Å². The molecule has 0 atom stereocenters. The van der Waals surface area contributed by atoms with Crippen molar-refractivity contribution in [1.29, 1.82) is 0 Å². The number of anilines is 1. The van der Waals surface area contributed by atoms with Crippen LogP contribution in [0.25, 0.3) is 21.9 Å². The van der Waals surface area contributed by atoms with Crippen LogP contribution in [-0.2, 0) is 4.74 Å². The zero-order valence-corrected chi connectivity index (χ0v) is 21.8. The van der Waals surface area contributed by atoms with Gasteiger partial charge in [-0.05, 0) is 84.9 Å².